The first-order valence-corrected chi connectivity index (χ1v) is 13.0. The molecule has 4 rings (SSSR count). The molecular weight excluding hydrogens is 440 g/mol. The average molecular weight is 465 g/mol. The molecule has 1 saturated carbocycles. The van der Waals surface area contributed by atoms with Crippen molar-refractivity contribution in [1.29, 1.82) is 0 Å². The number of nitrogens with zero attached hydrogens (tertiary/aromatic N) is 4. The van der Waals surface area contributed by atoms with Crippen LogP contribution in [0.25, 0.3) is 0 Å². The predicted octanol–water partition coefficient (Wildman–Crippen LogP) is 3.69. The number of thiophene rings is 1. The molecule has 1 aliphatic carbocycles. The van der Waals surface area contributed by atoms with Crippen molar-refractivity contribution >= 4 is 33.1 Å². The van der Waals surface area contributed by atoms with Crippen LogP contribution >= 0.6 is 23.1 Å². The normalized spacial score (nSPS) is 14.4. The van der Waals surface area contributed by atoms with E-state index in [0.29, 0.717) is 18.4 Å². The fourth-order valence-corrected chi connectivity index (χ4v) is 5.45. The van der Waals surface area contributed by atoms with Gasteiger partial charge in [0.1, 0.15) is 11.6 Å². The molecule has 0 atom stereocenters. The van der Waals surface area contributed by atoms with Crippen molar-refractivity contribution in [1.82, 2.24) is 19.1 Å². The maximum absolute atomic E-state index is 12.1. The van der Waals surface area contributed by atoms with Crippen molar-refractivity contribution in [2.45, 2.75) is 35.4 Å². The van der Waals surface area contributed by atoms with Crippen LogP contribution < -0.4 is 4.74 Å². The minimum Gasteiger partial charge on any atom is -0.493 e. The van der Waals surface area contributed by atoms with Crippen molar-refractivity contribution in [3.63, 3.8) is 0 Å². The lowest BCUT2D eigenvalue weighted by Crippen LogP contribution is -2.22. The highest BCUT2D eigenvalue weighted by atomic mass is 32.2. The number of hydrogen-bond acceptors (Lipinski definition) is 7. The van der Waals surface area contributed by atoms with Gasteiger partial charge < -0.3 is 9.30 Å². The summed E-state index contributed by atoms with van der Waals surface area (Å²) in [5, 5.41) is 11.9. The third kappa shape index (κ3) is 4.88. The van der Waals surface area contributed by atoms with Crippen molar-refractivity contribution in [3.05, 3.63) is 52.5 Å². The highest BCUT2D eigenvalue weighted by molar-refractivity contribution is 7.99. The summed E-state index contributed by atoms with van der Waals surface area (Å²) in [6, 6.07) is 11.2. The highest BCUT2D eigenvalue weighted by Crippen LogP contribution is 2.39. The van der Waals surface area contributed by atoms with E-state index in [0.717, 1.165) is 23.2 Å². The molecule has 0 saturated heterocycles. The van der Waals surface area contributed by atoms with Crippen molar-refractivity contribution in [2.24, 2.45) is 0 Å². The Morgan fingerprint density at radius 2 is 1.97 bits per heavy atom. The molecule has 1 aliphatic rings. The number of sulfonamides is 1. The molecule has 30 heavy (non-hydrogen) atoms. The topological polar surface area (TPSA) is 77.3 Å². The van der Waals surface area contributed by atoms with E-state index in [1.165, 1.54) is 36.1 Å². The summed E-state index contributed by atoms with van der Waals surface area (Å²) in [7, 11) is -0.388. The Kier molecular flexibility index (Phi) is 6.47. The first kappa shape index (κ1) is 21.4. The fraction of sp³-hybridized carbons (Fsp3) is 0.400. The zero-order chi connectivity index (χ0) is 21.1. The first-order valence-electron chi connectivity index (χ1n) is 9.69. The Labute approximate surface area is 185 Å². The van der Waals surface area contributed by atoms with E-state index in [1.807, 2.05) is 0 Å². The fourth-order valence-electron chi connectivity index (χ4n) is 3.01. The molecule has 2 aromatic heterocycles. The molecule has 0 spiro atoms. The lowest BCUT2D eigenvalue weighted by atomic mass is 10.3. The van der Waals surface area contributed by atoms with Gasteiger partial charge in [0.15, 0.2) is 5.16 Å². The van der Waals surface area contributed by atoms with Crippen LogP contribution in [0.2, 0.25) is 0 Å². The third-order valence-corrected chi connectivity index (χ3v) is 8.36. The van der Waals surface area contributed by atoms with Gasteiger partial charge in [-0.2, -0.15) is 0 Å². The Bertz CT molecular complexity index is 1070. The largest absolute Gasteiger partial charge is 0.493 e. The zero-order valence-corrected chi connectivity index (χ0v) is 19.3. The quantitative estimate of drug-likeness (QED) is 0.336. The maximum Gasteiger partial charge on any atom is 0.242 e. The summed E-state index contributed by atoms with van der Waals surface area (Å²) < 4.78 is 33.5. The molecule has 0 amide bonds. The lowest BCUT2D eigenvalue weighted by Gasteiger charge is -2.12. The van der Waals surface area contributed by atoms with Gasteiger partial charge in [-0.25, -0.2) is 12.7 Å². The van der Waals surface area contributed by atoms with Gasteiger partial charge in [0.2, 0.25) is 10.0 Å². The van der Waals surface area contributed by atoms with Crippen LogP contribution in [-0.4, -0.2) is 53.9 Å². The summed E-state index contributed by atoms with van der Waals surface area (Å²) in [5.41, 5.74) is 0. The van der Waals surface area contributed by atoms with E-state index in [9.17, 15) is 8.42 Å². The molecule has 2 heterocycles. The molecule has 0 radical (unpaired) electrons. The van der Waals surface area contributed by atoms with E-state index in [4.69, 9.17) is 4.74 Å². The summed E-state index contributed by atoms with van der Waals surface area (Å²) in [6.07, 6.45) is 3.18. The average Bonchev–Trinajstić information content (AvgIpc) is 3.28. The number of thioether (sulfide) groups is 1. The lowest BCUT2D eigenvalue weighted by molar-refractivity contribution is 0.343. The monoisotopic (exact) mass is 464 g/mol. The van der Waals surface area contributed by atoms with Gasteiger partial charge in [-0.1, -0.05) is 17.8 Å². The maximum atomic E-state index is 12.1. The third-order valence-electron chi connectivity index (χ3n) is 4.75. The standard InChI is InChI=1S/C20H24N4O3S3/c1-23(2)30(25,26)18-9-7-16(8-10-18)27-11-13-29-20-22-21-19(24(20)15-5-6-15)14-17-4-3-12-28-17/h3-4,7-10,12,15H,5-6,11,13-14H2,1-2H3. The van der Waals surface area contributed by atoms with E-state index in [-0.39, 0.29) is 4.90 Å². The number of rotatable bonds is 10. The second-order valence-corrected chi connectivity index (χ2v) is 11.5. The molecule has 0 aliphatic heterocycles. The van der Waals surface area contributed by atoms with Gasteiger partial charge in [0, 0.05) is 37.2 Å². The molecule has 7 nitrogen and oxygen atoms in total. The van der Waals surface area contributed by atoms with Crippen LogP contribution in [-0.2, 0) is 16.4 Å². The van der Waals surface area contributed by atoms with Crippen LogP contribution in [0.5, 0.6) is 5.75 Å². The van der Waals surface area contributed by atoms with Gasteiger partial charge in [-0.05, 0) is 48.6 Å². The van der Waals surface area contributed by atoms with Crippen LogP contribution in [0.15, 0.2) is 51.8 Å². The van der Waals surface area contributed by atoms with Gasteiger partial charge in [-0.3, -0.25) is 0 Å². The predicted molar refractivity (Wildman–Crippen MR) is 119 cm³/mol. The minimum atomic E-state index is -3.42. The van der Waals surface area contributed by atoms with Gasteiger partial charge >= 0.3 is 0 Å². The highest BCUT2D eigenvalue weighted by Gasteiger charge is 2.29. The van der Waals surface area contributed by atoms with Gasteiger partial charge in [0.05, 0.1) is 11.5 Å². The van der Waals surface area contributed by atoms with Crippen molar-refractivity contribution < 1.29 is 13.2 Å². The van der Waals surface area contributed by atoms with Crippen molar-refractivity contribution in [2.75, 3.05) is 26.5 Å². The smallest absolute Gasteiger partial charge is 0.242 e. The van der Waals surface area contributed by atoms with Crippen LogP contribution in [0.4, 0.5) is 0 Å². The van der Waals surface area contributed by atoms with E-state index in [1.54, 1.807) is 47.4 Å². The summed E-state index contributed by atoms with van der Waals surface area (Å²) in [6.45, 7) is 0.502. The Morgan fingerprint density at radius 3 is 2.60 bits per heavy atom. The molecular formula is C20H24N4O3S3. The van der Waals surface area contributed by atoms with E-state index < -0.39 is 10.0 Å². The molecule has 1 aromatic carbocycles. The Morgan fingerprint density at radius 1 is 1.20 bits per heavy atom. The first-order chi connectivity index (χ1) is 14.4. The molecule has 10 heteroatoms. The summed E-state index contributed by atoms with van der Waals surface area (Å²) in [5.74, 6) is 2.41. The van der Waals surface area contributed by atoms with Crippen LogP contribution in [0, 0.1) is 0 Å². The van der Waals surface area contributed by atoms with Gasteiger partial charge in [0.25, 0.3) is 0 Å². The molecule has 3 aromatic rings. The van der Waals surface area contributed by atoms with Crippen molar-refractivity contribution in [3.8, 4) is 5.75 Å². The molecule has 160 valence electrons. The molecule has 0 unspecified atom stereocenters. The second-order valence-electron chi connectivity index (χ2n) is 7.21. The Balaban J connectivity index is 1.32. The number of hydrogen-bond donors (Lipinski definition) is 0. The van der Waals surface area contributed by atoms with E-state index in [2.05, 4.69) is 32.3 Å². The Hall–Kier alpha value is -1.88. The molecule has 0 N–H and O–H groups in total. The van der Waals surface area contributed by atoms with E-state index >= 15 is 0 Å². The molecule has 0 bridgehead atoms. The summed E-state index contributed by atoms with van der Waals surface area (Å²) >= 11 is 3.39. The van der Waals surface area contributed by atoms with Crippen LogP contribution in [0.3, 0.4) is 0 Å². The minimum absolute atomic E-state index is 0.255. The molecule has 1 fully saturated rings. The number of benzene rings is 1. The van der Waals surface area contributed by atoms with Gasteiger partial charge in [-0.15, -0.1) is 21.5 Å². The number of aromatic nitrogens is 3. The second kappa shape index (κ2) is 9.09. The summed E-state index contributed by atoms with van der Waals surface area (Å²) in [4.78, 5) is 1.55. The van der Waals surface area contributed by atoms with Crippen LogP contribution in [0.1, 0.15) is 29.6 Å². The SMILES string of the molecule is CN(C)S(=O)(=O)c1ccc(OCCSc2nnc(Cc3cccs3)n2C2CC2)cc1. The zero-order valence-electron chi connectivity index (χ0n) is 16.9. The number of ether oxygens (including phenoxy) is 1.